The van der Waals surface area contributed by atoms with Crippen LogP contribution in [-0.2, 0) is 6.18 Å². The van der Waals surface area contributed by atoms with E-state index < -0.39 is 41.0 Å². The highest BCUT2D eigenvalue weighted by molar-refractivity contribution is 6.07. The van der Waals surface area contributed by atoms with Gasteiger partial charge in [0.2, 0.25) is 0 Å². The number of fused-ring (bicyclic) bond motifs is 2. The van der Waals surface area contributed by atoms with Gasteiger partial charge in [-0.25, -0.2) is 18.9 Å². The third-order valence-electron chi connectivity index (χ3n) is 7.05. The Morgan fingerprint density at radius 2 is 1.89 bits per heavy atom. The van der Waals surface area contributed by atoms with Crippen molar-refractivity contribution in [2.75, 3.05) is 5.32 Å². The van der Waals surface area contributed by atoms with E-state index in [4.69, 9.17) is 0 Å². The average molecular weight is 524 g/mol. The molecule has 1 aromatic carbocycles. The Bertz CT molecular complexity index is 1590. The molecular weight excluding hydrogens is 504 g/mol. The maximum absolute atomic E-state index is 14.0. The molecule has 3 aromatic heterocycles. The van der Waals surface area contributed by atoms with Crippen molar-refractivity contribution in [3.63, 3.8) is 0 Å². The lowest BCUT2D eigenvalue weighted by atomic mass is 9.91. The van der Waals surface area contributed by atoms with Crippen LogP contribution in [0.1, 0.15) is 63.7 Å². The monoisotopic (exact) mass is 524 g/mol. The van der Waals surface area contributed by atoms with Crippen molar-refractivity contribution in [3.05, 3.63) is 77.1 Å². The fraction of sp³-hybridized carbons (Fsp3) is 0.269. The molecule has 1 fully saturated rings. The normalized spacial score (nSPS) is 17.6. The number of rotatable bonds is 4. The van der Waals surface area contributed by atoms with Crippen molar-refractivity contribution in [3.8, 4) is 11.3 Å². The molecule has 12 heteroatoms. The first kappa shape index (κ1) is 24.0. The highest BCUT2D eigenvalue weighted by Crippen LogP contribution is 2.43. The SMILES string of the molecule is O=C(Nc1cc(-c2ccc3ncnn3c2)nc2c1C(C1CCCC1)NC2=O)c1cc(F)cc(C(F)(F)F)c1. The zero-order valence-corrected chi connectivity index (χ0v) is 19.7. The Labute approximate surface area is 213 Å². The molecule has 0 saturated heterocycles. The molecule has 0 radical (unpaired) electrons. The predicted octanol–water partition coefficient (Wildman–Crippen LogP) is 5.18. The number of nitrogens with one attached hydrogen (secondary N) is 2. The van der Waals surface area contributed by atoms with Crippen molar-refractivity contribution in [2.45, 2.75) is 37.9 Å². The summed E-state index contributed by atoms with van der Waals surface area (Å²) in [5, 5.41) is 9.71. The Balaban J connectivity index is 1.45. The molecule has 6 rings (SSSR count). The molecule has 1 unspecified atom stereocenters. The van der Waals surface area contributed by atoms with Gasteiger partial charge < -0.3 is 10.6 Å². The van der Waals surface area contributed by atoms with E-state index in [1.54, 1.807) is 24.4 Å². The molecular formula is C26H20F4N6O2. The van der Waals surface area contributed by atoms with E-state index in [-0.39, 0.29) is 17.3 Å². The molecule has 4 aromatic rings. The fourth-order valence-corrected chi connectivity index (χ4v) is 5.27. The minimum Gasteiger partial charge on any atom is -0.343 e. The Kier molecular flexibility index (Phi) is 5.62. The molecule has 1 atom stereocenters. The molecule has 8 nitrogen and oxygen atoms in total. The van der Waals surface area contributed by atoms with Crippen LogP contribution in [0.2, 0.25) is 0 Å². The van der Waals surface area contributed by atoms with E-state index in [0.29, 0.717) is 34.6 Å². The van der Waals surface area contributed by atoms with Crippen molar-refractivity contribution in [1.29, 1.82) is 0 Å². The van der Waals surface area contributed by atoms with Crippen molar-refractivity contribution in [2.24, 2.45) is 5.92 Å². The summed E-state index contributed by atoms with van der Waals surface area (Å²) in [4.78, 5) is 34.8. The van der Waals surface area contributed by atoms with E-state index in [1.165, 1.54) is 10.8 Å². The second-order valence-electron chi connectivity index (χ2n) is 9.47. The molecule has 4 heterocycles. The number of halogens is 4. The lowest BCUT2D eigenvalue weighted by Gasteiger charge is -2.22. The van der Waals surface area contributed by atoms with Gasteiger partial charge in [0.05, 0.1) is 23.0 Å². The first-order valence-corrected chi connectivity index (χ1v) is 12.0. The summed E-state index contributed by atoms with van der Waals surface area (Å²) in [6.45, 7) is 0. The second-order valence-corrected chi connectivity index (χ2v) is 9.47. The first-order valence-electron chi connectivity index (χ1n) is 12.0. The van der Waals surface area contributed by atoms with Gasteiger partial charge in [-0.1, -0.05) is 12.8 Å². The number of anilines is 1. The van der Waals surface area contributed by atoms with Gasteiger partial charge in [0.1, 0.15) is 17.8 Å². The number of pyridine rings is 2. The third kappa shape index (κ3) is 4.25. The van der Waals surface area contributed by atoms with Crippen LogP contribution >= 0.6 is 0 Å². The van der Waals surface area contributed by atoms with Gasteiger partial charge in [0.25, 0.3) is 11.8 Å². The summed E-state index contributed by atoms with van der Waals surface area (Å²) >= 11 is 0. The summed E-state index contributed by atoms with van der Waals surface area (Å²) in [6.07, 6.45) is 1.97. The van der Waals surface area contributed by atoms with Crippen LogP contribution in [0, 0.1) is 11.7 Å². The molecule has 2 aliphatic rings. The lowest BCUT2D eigenvalue weighted by molar-refractivity contribution is -0.137. The van der Waals surface area contributed by atoms with Crippen LogP contribution in [0.4, 0.5) is 23.2 Å². The van der Waals surface area contributed by atoms with Crippen LogP contribution < -0.4 is 10.6 Å². The number of carbonyl (C=O) groups is 2. The standard InChI is InChI=1S/C26H20F4N6O2/c27-17-8-15(7-16(9-17)26(28,29)30)24(37)34-19-10-18(14-5-6-20-31-12-32-36(20)11-14)33-23-21(19)22(35-25(23)38)13-3-1-2-4-13/h5-13,22H,1-4H2,(H,35,38)(H,33,34,37). The number of benzene rings is 1. The Hall–Kier alpha value is -4.35. The highest BCUT2D eigenvalue weighted by atomic mass is 19.4. The quantitative estimate of drug-likeness (QED) is 0.359. The fourth-order valence-electron chi connectivity index (χ4n) is 5.27. The summed E-state index contributed by atoms with van der Waals surface area (Å²) in [5.41, 5.74) is 0.568. The number of nitrogens with zero attached hydrogens (tertiary/aromatic N) is 4. The van der Waals surface area contributed by atoms with Gasteiger partial charge in [-0.15, -0.1) is 0 Å². The number of hydrogen-bond acceptors (Lipinski definition) is 5. The molecule has 1 saturated carbocycles. The van der Waals surface area contributed by atoms with Gasteiger partial charge in [0, 0.05) is 22.9 Å². The van der Waals surface area contributed by atoms with Crippen LogP contribution in [0.5, 0.6) is 0 Å². The first-order chi connectivity index (χ1) is 18.2. The predicted molar refractivity (Wildman–Crippen MR) is 128 cm³/mol. The van der Waals surface area contributed by atoms with Gasteiger partial charge >= 0.3 is 6.18 Å². The minimum atomic E-state index is -4.83. The third-order valence-corrected chi connectivity index (χ3v) is 7.05. The summed E-state index contributed by atoms with van der Waals surface area (Å²) in [6, 6.07) is 6.27. The Morgan fingerprint density at radius 1 is 1.11 bits per heavy atom. The highest BCUT2D eigenvalue weighted by Gasteiger charge is 2.39. The zero-order valence-electron chi connectivity index (χ0n) is 19.7. The average Bonchev–Trinajstić information content (AvgIpc) is 3.63. The topological polar surface area (TPSA) is 101 Å². The smallest absolute Gasteiger partial charge is 0.343 e. The molecule has 2 N–H and O–H groups in total. The number of carbonyl (C=O) groups excluding carboxylic acids is 2. The van der Waals surface area contributed by atoms with E-state index in [2.05, 4.69) is 25.7 Å². The van der Waals surface area contributed by atoms with Crippen molar-refractivity contribution >= 4 is 23.1 Å². The number of hydrogen-bond donors (Lipinski definition) is 2. The van der Waals surface area contributed by atoms with E-state index in [9.17, 15) is 27.2 Å². The summed E-state index contributed by atoms with van der Waals surface area (Å²) in [7, 11) is 0. The zero-order chi connectivity index (χ0) is 26.6. The van der Waals surface area contributed by atoms with Gasteiger partial charge in [-0.05, 0) is 55.2 Å². The molecule has 1 aliphatic heterocycles. The van der Waals surface area contributed by atoms with Gasteiger partial charge in [0.15, 0.2) is 5.65 Å². The van der Waals surface area contributed by atoms with Crippen molar-refractivity contribution in [1.82, 2.24) is 24.9 Å². The van der Waals surface area contributed by atoms with E-state index >= 15 is 0 Å². The molecule has 38 heavy (non-hydrogen) atoms. The Morgan fingerprint density at radius 3 is 2.66 bits per heavy atom. The molecule has 194 valence electrons. The second kappa shape index (κ2) is 8.89. The number of amides is 2. The maximum Gasteiger partial charge on any atom is 0.416 e. The number of aromatic nitrogens is 4. The molecule has 0 spiro atoms. The molecule has 1 aliphatic carbocycles. The van der Waals surface area contributed by atoms with Crippen LogP contribution in [0.3, 0.4) is 0 Å². The molecule has 2 amide bonds. The van der Waals surface area contributed by atoms with Gasteiger partial charge in [-0.2, -0.15) is 18.3 Å². The van der Waals surface area contributed by atoms with Crippen LogP contribution in [0.15, 0.2) is 48.9 Å². The van der Waals surface area contributed by atoms with Crippen LogP contribution in [-0.4, -0.2) is 31.4 Å². The molecule has 0 bridgehead atoms. The summed E-state index contributed by atoms with van der Waals surface area (Å²) < 4.78 is 55.3. The lowest BCUT2D eigenvalue weighted by Crippen LogP contribution is -2.25. The van der Waals surface area contributed by atoms with Crippen molar-refractivity contribution < 1.29 is 27.2 Å². The maximum atomic E-state index is 14.0. The number of alkyl halides is 3. The van der Waals surface area contributed by atoms with E-state index in [0.717, 1.165) is 31.7 Å². The van der Waals surface area contributed by atoms with Gasteiger partial charge in [-0.3, -0.25) is 9.59 Å². The van der Waals surface area contributed by atoms with E-state index in [1.807, 2.05) is 0 Å². The summed E-state index contributed by atoms with van der Waals surface area (Å²) in [5.74, 6) is -2.40. The van der Waals surface area contributed by atoms with Crippen LogP contribution in [0.25, 0.3) is 16.9 Å². The minimum absolute atomic E-state index is 0.126. The largest absolute Gasteiger partial charge is 0.416 e.